The first-order valence-electron chi connectivity index (χ1n) is 7.21. The number of amidine groups is 1. The van der Waals surface area contributed by atoms with E-state index in [0.717, 1.165) is 16.7 Å². The van der Waals surface area contributed by atoms with Crippen LogP contribution in [0.5, 0.6) is 0 Å². The lowest BCUT2D eigenvalue weighted by atomic mass is 10.3. The van der Waals surface area contributed by atoms with Gasteiger partial charge in [-0.25, -0.2) is 13.8 Å². The van der Waals surface area contributed by atoms with E-state index in [1.54, 1.807) is 12.1 Å². The minimum Gasteiger partial charge on any atom is -0.333 e. The van der Waals surface area contributed by atoms with Gasteiger partial charge in [-0.05, 0) is 36.4 Å². The van der Waals surface area contributed by atoms with Crippen LogP contribution in [0.25, 0.3) is 11.0 Å². The second kappa shape index (κ2) is 5.97. The molecule has 2 N–H and O–H groups in total. The first-order chi connectivity index (χ1) is 11.7. The first-order valence-corrected chi connectivity index (χ1v) is 8.19. The fraction of sp³-hybridized carbons (Fsp3) is 0.0625. The maximum absolute atomic E-state index is 12.9. The summed E-state index contributed by atoms with van der Waals surface area (Å²) in [4.78, 5) is 15.0. The summed E-state index contributed by atoms with van der Waals surface area (Å²) >= 11 is 1.43. The number of fused-ring (bicyclic) bond motifs is 1. The summed E-state index contributed by atoms with van der Waals surface area (Å²) in [5.74, 6) is 0.763. The van der Waals surface area contributed by atoms with Gasteiger partial charge in [0, 0.05) is 5.69 Å². The van der Waals surface area contributed by atoms with E-state index in [2.05, 4.69) is 20.5 Å². The van der Waals surface area contributed by atoms with Gasteiger partial charge >= 0.3 is 5.69 Å². The molecule has 0 unspecified atom stereocenters. The van der Waals surface area contributed by atoms with Crippen LogP contribution in [0, 0.1) is 5.82 Å². The van der Waals surface area contributed by atoms with Crippen LogP contribution in [0.4, 0.5) is 10.1 Å². The van der Waals surface area contributed by atoms with Crippen LogP contribution >= 0.6 is 11.8 Å². The molecule has 3 aromatic rings. The average molecular weight is 341 g/mol. The third-order valence-electron chi connectivity index (χ3n) is 3.54. The first kappa shape index (κ1) is 14.7. The predicted molar refractivity (Wildman–Crippen MR) is 95.3 cm³/mol. The average Bonchev–Trinajstić information content (AvgIpc) is 2.93. The van der Waals surface area contributed by atoms with Crippen molar-refractivity contribution in [3.05, 3.63) is 64.8 Å². The van der Waals surface area contributed by atoms with E-state index in [9.17, 15) is 9.18 Å². The second-order valence-corrected chi connectivity index (χ2v) is 6.09. The highest BCUT2D eigenvalue weighted by atomic mass is 32.2. The zero-order valence-electron chi connectivity index (χ0n) is 12.4. The van der Waals surface area contributed by atoms with Crippen molar-refractivity contribution in [1.29, 1.82) is 0 Å². The molecule has 8 heteroatoms. The zero-order chi connectivity index (χ0) is 16.5. The molecule has 1 aliphatic rings. The van der Waals surface area contributed by atoms with Crippen LogP contribution in [-0.2, 0) is 0 Å². The Hall–Kier alpha value is -2.87. The molecule has 2 aromatic carbocycles. The van der Waals surface area contributed by atoms with Crippen molar-refractivity contribution in [1.82, 2.24) is 9.55 Å². The summed E-state index contributed by atoms with van der Waals surface area (Å²) in [5, 5.41) is 12.0. The van der Waals surface area contributed by atoms with Gasteiger partial charge in [0.2, 0.25) is 0 Å². The Balaban J connectivity index is 1.63. The molecule has 2 heterocycles. The third kappa shape index (κ3) is 2.71. The molecule has 0 saturated carbocycles. The number of anilines is 1. The van der Waals surface area contributed by atoms with Crippen LogP contribution in [-0.4, -0.2) is 26.3 Å². The SMILES string of the molecule is O=c1[nH]c2ccccc2n1C1=NN=C(Nc2ccc(F)cc2)SC1. The van der Waals surface area contributed by atoms with E-state index >= 15 is 0 Å². The van der Waals surface area contributed by atoms with Gasteiger partial charge in [0.15, 0.2) is 11.0 Å². The van der Waals surface area contributed by atoms with Crippen LogP contribution in [0.2, 0.25) is 0 Å². The normalized spacial score (nSPS) is 14.4. The van der Waals surface area contributed by atoms with Crippen molar-refractivity contribution in [3.63, 3.8) is 0 Å². The number of nitrogens with one attached hydrogen (secondary N) is 2. The smallest absolute Gasteiger partial charge is 0.332 e. The van der Waals surface area contributed by atoms with E-state index in [1.165, 1.54) is 28.5 Å². The van der Waals surface area contributed by atoms with Gasteiger partial charge < -0.3 is 10.3 Å². The topological polar surface area (TPSA) is 74.5 Å². The van der Waals surface area contributed by atoms with Crippen LogP contribution in [0.1, 0.15) is 0 Å². The summed E-state index contributed by atoms with van der Waals surface area (Å²) in [6, 6.07) is 13.4. The number of imidazole rings is 1. The molecule has 0 fully saturated rings. The van der Waals surface area contributed by atoms with Gasteiger partial charge in [-0.1, -0.05) is 23.9 Å². The number of nitrogens with zero attached hydrogens (tertiary/aromatic N) is 3. The van der Waals surface area contributed by atoms with Crippen molar-refractivity contribution in [2.45, 2.75) is 0 Å². The summed E-state index contributed by atoms with van der Waals surface area (Å²) in [6.45, 7) is 0. The van der Waals surface area contributed by atoms with Gasteiger partial charge in [0.25, 0.3) is 0 Å². The molecule has 0 radical (unpaired) electrons. The number of aromatic nitrogens is 2. The van der Waals surface area contributed by atoms with Gasteiger partial charge in [-0.2, -0.15) is 0 Å². The molecule has 0 aliphatic carbocycles. The molecule has 0 spiro atoms. The summed E-state index contributed by atoms with van der Waals surface area (Å²) < 4.78 is 14.4. The Morgan fingerprint density at radius 1 is 1.12 bits per heavy atom. The Bertz CT molecular complexity index is 1020. The molecule has 1 aliphatic heterocycles. The maximum Gasteiger partial charge on any atom is 0.332 e. The highest BCUT2D eigenvalue weighted by Crippen LogP contribution is 2.18. The molecule has 0 amide bonds. The van der Waals surface area contributed by atoms with Crippen LogP contribution in [0.3, 0.4) is 0 Å². The molecule has 1 aromatic heterocycles. The van der Waals surface area contributed by atoms with E-state index in [0.29, 0.717) is 16.8 Å². The minimum absolute atomic E-state index is 0.235. The highest BCUT2D eigenvalue weighted by molar-refractivity contribution is 8.14. The lowest BCUT2D eigenvalue weighted by molar-refractivity contribution is 0.628. The van der Waals surface area contributed by atoms with Crippen molar-refractivity contribution in [2.24, 2.45) is 10.2 Å². The van der Waals surface area contributed by atoms with E-state index in [-0.39, 0.29) is 11.5 Å². The Morgan fingerprint density at radius 3 is 2.67 bits per heavy atom. The molecule has 24 heavy (non-hydrogen) atoms. The van der Waals surface area contributed by atoms with Crippen molar-refractivity contribution in [2.75, 3.05) is 11.1 Å². The maximum atomic E-state index is 12.9. The minimum atomic E-state index is -0.294. The predicted octanol–water partition coefficient (Wildman–Crippen LogP) is 2.85. The molecule has 0 bridgehead atoms. The van der Waals surface area contributed by atoms with E-state index < -0.39 is 0 Å². The summed E-state index contributed by atoms with van der Waals surface area (Å²) in [5.41, 5.74) is 2.02. The number of rotatable bonds is 1. The Kier molecular flexibility index (Phi) is 3.66. The monoisotopic (exact) mass is 341 g/mol. The van der Waals surface area contributed by atoms with Crippen molar-refractivity contribution in [3.8, 4) is 0 Å². The number of para-hydroxylation sites is 2. The van der Waals surface area contributed by atoms with Gasteiger partial charge in [-0.3, -0.25) is 0 Å². The lowest BCUT2D eigenvalue weighted by Crippen LogP contribution is -2.29. The zero-order valence-corrected chi connectivity index (χ0v) is 13.2. The second-order valence-electron chi connectivity index (χ2n) is 5.12. The largest absolute Gasteiger partial charge is 0.333 e. The molecular weight excluding hydrogens is 329 g/mol. The summed E-state index contributed by atoms with van der Waals surface area (Å²) in [7, 11) is 0. The van der Waals surface area contributed by atoms with Crippen LogP contribution in [0.15, 0.2) is 63.5 Å². The molecule has 0 atom stereocenters. The number of hydrogen-bond donors (Lipinski definition) is 2. The number of thioether (sulfide) groups is 1. The fourth-order valence-electron chi connectivity index (χ4n) is 2.43. The fourth-order valence-corrected chi connectivity index (χ4v) is 3.17. The third-order valence-corrected chi connectivity index (χ3v) is 4.40. The molecule has 0 saturated heterocycles. The van der Waals surface area contributed by atoms with Crippen molar-refractivity contribution < 1.29 is 4.39 Å². The van der Waals surface area contributed by atoms with E-state index in [1.807, 2.05) is 24.3 Å². The quantitative estimate of drug-likeness (QED) is 0.715. The molecular formula is C16H12FN5OS. The van der Waals surface area contributed by atoms with Crippen LogP contribution < -0.4 is 11.0 Å². The number of hydrogen-bond acceptors (Lipinski definition) is 5. The number of H-pyrrole nitrogens is 1. The Morgan fingerprint density at radius 2 is 1.92 bits per heavy atom. The van der Waals surface area contributed by atoms with Gasteiger partial charge in [0.1, 0.15) is 5.82 Å². The highest BCUT2D eigenvalue weighted by Gasteiger charge is 2.17. The number of benzene rings is 2. The summed E-state index contributed by atoms with van der Waals surface area (Å²) in [6.07, 6.45) is 0. The standard InChI is InChI=1S/C16H12FN5OS/c17-10-5-7-11(8-6-10)18-15-21-20-14(9-24-15)22-13-4-2-1-3-12(13)19-16(22)23/h1-8H,9H2,(H,18,21)(H,19,23). The Labute approximate surface area is 140 Å². The van der Waals surface area contributed by atoms with Crippen molar-refractivity contribution >= 4 is 39.5 Å². The van der Waals surface area contributed by atoms with E-state index in [4.69, 9.17) is 0 Å². The lowest BCUT2D eigenvalue weighted by Gasteiger charge is -2.13. The number of aromatic amines is 1. The molecule has 6 nitrogen and oxygen atoms in total. The molecule has 120 valence electrons. The molecule has 4 rings (SSSR count). The van der Waals surface area contributed by atoms with Gasteiger partial charge in [0.05, 0.1) is 16.8 Å². The van der Waals surface area contributed by atoms with Gasteiger partial charge in [-0.15, -0.1) is 10.2 Å². The number of halogens is 1.